The number of anilines is 1. The lowest BCUT2D eigenvalue weighted by atomic mass is 10.2. The molecule has 0 bridgehead atoms. The van der Waals surface area contributed by atoms with Gasteiger partial charge in [0.15, 0.2) is 11.8 Å². The van der Waals surface area contributed by atoms with Gasteiger partial charge in [-0.3, -0.25) is 9.78 Å². The van der Waals surface area contributed by atoms with Crippen LogP contribution in [0.4, 0.5) is 5.69 Å². The van der Waals surface area contributed by atoms with Crippen molar-refractivity contribution in [3.63, 3.8) is 0 Å². The Bertz CT molecular complexity index is 915. The Hall–Kier alpha value is -3.74. The van der Waals surface area contributed by atoms with Crippen LogP contribution in [-0.4, -0.2) is 27.9 Å². The molecule has 1 N–H and O–H groups in total. The number of ether oxygens (including phenoxy) is 2. The van der Waals surface area contributed by atoms with Crippen molar-refractivity contribution in [3.05, 3.63) is 84.4 Å². The van der Waals surface area contributed by atoms with Gasteiger partial charge in [0, 0.05) is 18.1 Å². The minimum atomic E-state index is -0.983. The number of amides is 1. The molecule has 0 saturated heterocycles. The SMILES string of the molecule is CC(OC(=O)c1cnccn1)C(=O)Nc1ccc(OCc2ccccc2)cc1. The van der Waals surface area contributed by atoms with Crippen LogP contribution in [0.5, 0.6) is 5.75 Å². The van der Waals surface area contributed by atoms with E-state index in [1.165, 1.54) is 25.5 Å². The maximum Gasteiger partial charge on any atom is 0.359 e. The molecule has 1 aromatic heterocycles. The van der Waals surface area contributed by atoms with Gasteiger partial charge in [0.2, 0.25) is 0 Å². The van der Waals surface area contributed by atoms with Crippen LogP contribution in [0.2, 0.25) is 0 Å². The van der Waals surface area contributed by atoms with E-state index in [1.807, 2.05) is 30.3 Å². The van der Waals surface area contributed by atoms with Crippen molar-refractivity contribution >= 4 is 17.6 Å². The quantitative estimate of drug-likeness (QED) is 0.636. The van der Waals surface area contributed by atoms with Crippen molar-refractivity contribution in [1.82, 2.24) is 9.97 Å². The molecule has 142 valence electrons. The van der Waals surface area contributed by atoms with Gasteiger partial charge in [-0.25, -0.2) is 9.78 Å². The first-order valence-corrected chi connectivity index (χ1v) is 8.66. The van der Waals surface area contributed by atoms with Gasteiger partial charge in [0.25, 0.3) is 5.91 Å². The van der Waals surface area contributed by atoms with Crippen molar-refractivity contribution < 1.29 is 19.1 Å². The summed E-state index contributed by atoms with van der Waals surface area (Å²) in [6, 6.07) is 16.8. The zero-order chi connectivity index (χ0) is 19.8. The number of rotatable bonds is 7. The number of esters is 1. The summed E-state index contributed by atoms with van der Waals surface area (Å²) in [5, 5.41) is 2.69. The van der Waals surface area contributed by atoms with E-state index >= 15 is 0 Å². The Morgan fingerprint density at radius 3 is 2.46 bits per heavy atom. The second-order valence-electron chi connectivity index (χ2n) is 5.93. The van der Waals surface area contributed by atoms with E-state index in [1.54, 1.807) is 24.3 Å². The number of nitrogens with zero attached hydrogens (tertiary/aromatic N) is 2. The number of carbonyl (C=O) groups excluding carboxylic acids is 2. The van der Waals surface area contributed by atoms with Gasteiger partial charge < -0.3 is 14.8 Å². The van der Waals surface area contributed by atoms with Crippen molar-refractivity contribution in [2.24, 2.45) is 0 Å². The smallest absolute Gasteiger partial charge is 0.359 e. The average Bonchev–Trinajstić information content (AvgIpc) is 2.74. The minimum absolute atomic E-state index is 0.0436. The van der Waals surface area contributed by atoms with E-state index < -0.39 is 18.0 Å². The molecule has 0 spiro atoms. The lowest BCUT2D eigenvalue weighted by Gasteiger charge is -2.13. The Kier molecular flexibility index (Phi) is 6.30. The molecule has 1 heterocycles. The molecule has 2 aromatic carbocycles. The molecule has 3 aromatic rings. The van der Waals surface area contributed by atoms with Crippen molar-refractivity contribution in [2.45, 2.75) is 19.6 Å². The molecular weight excluding hydrogens is 358 g/mol. The second-order valence-corrected chi connectivity index (χ2v) is 5.93. The molecule has 1 unspecified atom stereocenters. The predicted molar refractivity (Wildman–Crippen MR) is 103 cm³/mol. The zero-order valence-electron chi connectivity index (χ0n) is 15.2. The van der Waals surface area contributed by atoms with Gasteiger partial charge in [0.05, 0.1) is 6.20 Å². The van der Waals surface area contributed by atoms with Crippen molar-refractivity contribution in [3.8, 4) is 5.75 Å². The third kappa shape index (κ3) is 5.38. The minimum Gasteiger partial charge on any atom is -0.489 e. The van der Waals surface area contributed by atoms with Gasteiger partial charge in [-0.15, -0.1) is 0 Å². The van der Waals surface area contributed by atoms with E-state index in [0.29, 0.717) is 18.0 Å². The molecular formula is C21H19N3O4. The summed E-state index contributed by atoms with van der Waals surface area (Å²) in [6.07, 6.45) is 3.12. The lowest BCUT2D eigenvalue weighted by Crippen LogP contribution is -2.30. The summed E-state index contributed by atoms with van der Waals surface area (Å²) >= 11 is 0. The lowest BCUT2D eigenvalue weighted by molar-refractivity contribution is -0.123. The van der Waals surface area contributed by atoms with Crippen LogP contribution in [0.15, 0.2) is 73.2 Å². The van der Waals surface area contributed by atoms with Gasteiger partial charge >= 0.3 is 5.97 Å². The fraction of sp³-hybridized carbons (Fsp3) is 0.143. The van der Waals surface area contributed by atoms with E-state index in [4.69, 9.17) is 9.47 Å². The van der Waals surface area contributed by atoms with E-state index in [0.717, 1.165) is 5.56 Å². The molecule has 0 aliphatic heterocycles. The highest BCUT2D eigenvalue weighted by Crippen LogP contribution is 2.17. The topological polar surface area (TPSA) is 90.4 Å². The van der Waals surface area contributed by atoms with E-state index in [2.05, 4.69) is 15.3 Å². The van der Waals surface area contributed by atoms with Crippen LogP contribution in [0.1, 0.15) is 23.0 Å². The summed E-state index contributed by atoms with van der Waals surface area (Å²) < 4.78 is 10.8. The molecule has 1 atom stereocenters. The molecule has 0 radical (unpaired) electrons. The summed E-state index contributed by atoms with van der Waals surface area (Å²) in [6.45, 7) is 1.95. The first kappa shape index (κ1) is 19.0. The Labute approximate surface area is 162 Å². The molecule has 7 nitrogen and oxygen atoms in total. The Balaban J connectivity index is 1.50. The number of benzene rings is 2. The van der Waals surface area contributed by atoms with E-state index in [-0.39, 0.29) is 5.69 Å². The van der Waals surface area contributed by atoms with Crippen LogP contribution in [0.25, 0.3) is 0 Å². The van der Waals surface area contributed by atoms with Gasteiger partial charge in [-0.2, -0.15) is 0 Å². The number of aromatic nitrogens is 2. The van der Waals surface area contributed by atoms with Crippen LogP contribution < -0.4 is 10.1 Å². The standard InChI is InChI=1S/C21H19N3O4/c1-15(28-21(26)19-13-22-11-12-23-19)20(25)24-17-7-9-18(10-8-17)27-14-16-5-3-2-4-6-16/h2-13,15H,14H2,1H3,(H,24,25). The Morgan fingerprint density at radius 2 is 1.79 bits per heavy atom. The highest BCUT2D eigenvalue weighted by Gasteiger charge is 2.19. The fourth-order valence-corrected chi connectivity index (χ4v) is 2.30. The molecule has 0 fully saturated rings. The highest BCUT2D eigenvalue weighted by atomic mass is 16.5. The molecule has 3 rings (SSSR count). The summed E-state index contributed by atoms with van der Waals surface area (Å²) in [5.74, 6) is -0.473. The maximum atomic E-state index is 12.2. The fourth-order valence-electron chi connectivity index (χ4n) is 2.30. The monoisotopic (exact) mass is 377 g/mol. The molecule has 0 aliphatic rings. The normalized spacial score (nSPS) is 11.3. The van der Waals surface area contributed by atoms with Crippen LogP contribution in [-0.2, 0) is 16.1 Å². The first-order chi connectivity index (χ1) is 13.6. The van der Waals surface area contributed by atoms with Crippen molar-refractivity contribution in [1.29, 1.82) is 0 Å². The second kappa shape index (κ2) is 9.27. The van der Waals surface area contributed by atoms with Crippen molar-refractivity contribution in [2.75, 3.05) is 5.32 Å². The van der Waals surface area contributed by atoms with Crippen LogP contribution >= 0.6 is 0 Å². The van der Waals surface area contributed by atoms with Gasteiger partial charge in [-0.1, -0.05) is 30.3 Å². The predicted octanol–water partition coefficient (Wildman–Crippen LogP) is 3.24. The third-order valence-electron chi connectivity index (χ3n) is 3.80. The summed E-state index contributed by atoms with van der Waals surface area (Å²) in [5.41, 5.74) is 1.68. The molecule has 7 heteroatoms. The number of carbonyl (C=O) groups is 2. The Morgan fingerprint density at radius 1 is 1.04 bits per heavy atom. The molecule has 1 amide bonds. The molecule has 28 heavy (non-hydrogen) atoms. The third-order valence-corrected chi connectivity index (χ3v) is 3.80. The highest BCUT2D eigenvalue weighted by molar-refractivity contribution is 5.96. The summed E-state index contributed by atoms with van der Waals surface area (Å²) in [4.78, 5) is 31.8. The summed E-state index contributed by atoms with van der Waals surface area (Å²) in [7, 11) is 0. The number of hydrogen-bond acceptors (Lipinski definition) is 6. The molecule has 0 saturated carbocycles. The van der Waals surface area contributed by atoms with Crippen LogP contribution in [0, 0.1) is 0 Å². The number of hydrogen-bond donors (Lipinski definition) is 1. The largest absolute Gasteiger partial charge is 0.489 e. The van der Waals surface area contributed by atoms with Gasteiger partial charge in [-0.05, 0) is 36.8 Å². The van der Waals surface area contributed by atoms with Crippen LogP contribution in [0.3, 0.4) is 0 Å². The maximum absolute atomic E-state index is 12.2. The van der Waals surface area contributed by atoms with E-state index in [9.17, 15) is 9.59 Å². The first-order valence-electron chi connectivity index (χ1n) is 8.66. The number of nitrogens with one attached hydrogen (secondary N) is 1. The average molecular weight is 377 g/mol. The zero-order valence-corrected chi connectivity index (χ0v) is 15.2. The molecule has 0 aliphatic carbocycles. The van der Waals surface area contributed by atoms with Gasteiger partial charge in [0.1, 0.15) is 12.4 Å².